The van der Waals surface area contributed by atoms with Crippen molar-refractivity contribution in [1.82, 2.24) is 15.3 Å². The van der Waals surface area contributed by atoms with Gasteiger partial charge in [0.05, 0.1) is 0 Å². The molecule has 0 aromatic carbocycles. The van der Waals surface area contributed by atoms with Crippen molar-refractivity contribution in [3.8, 4) is 0 Å². The minimum absolute atomic E-state index is 0.480. The van der Waals surface area contributed by atoms with Gasteiger partial charge in [-0.15, -0.1) is 0 Å². The molecule has 66 valence electrons. The molecule has 0 heterocycles. The summed E-state index contributed by atoms with van der Waals surface area (Å²) in [6, 6.07) is -0.480. The second-order valence-electron chi connectivity index (χ2n) is 2.56. The van der Waals surface area contributed by atoms with Crippen LogP contribution in [0.5, 0.6) is 0 Å². The zero-order valence-electron chi connectivity index (χ0n) is 7.16. The van der Waals surface area contributed by atoms with Crippen LogP contribution in [-0.2, 0) is 0 Å². The zero-order valence-corrected chi connectivity index (χ0v) is 7.16. The third-order valence-electron chi connectivity index (χ3n) is 1.13. The predicted octanol–water partition coefficient (Wildman–Crippen LogP) is -0.421. The van der Waals surface area contributed by atoms with Crippen LogP contribution in [-0.4, -0.2) is 55.4 Å². The molecule has 11 heavy (non-hydrogen) atoms. The van der Waals surface area contributed by atoms with Crippen LogP contribution in [0.3, 0.4) is 0 Å². The molecule has 5 heteroatoms. The molecule has 0 atom stereocenters. The first kappa shape index (κ1) is 10.2. The Balaban J connectivity index is 3.32. The Morgan fingerprint density at radius 2 is 2.00 bits per heavy atom. The largest absolute Gasteiger partial charge is 0.340 e. The highest BCUT2D eigenvalue weighted by molar-refractivity contribution is 5.72. The molecule has 5 nitrogen and oxygen atoms in total. The lowest BCUT2D eigenvalue weighted by Gasteiger charge is -2.12. The summed E-state index contributed by atoms with van der Waals surface area (Å²) < 4.78 is 0. The van der Waals surface area contributed by atoms with Crippen molar-refractivity contribution in [2.75, 3.05) is 34.2 Å². The first-order valence-corrected chi connectivity index (χ1v) is 3.39. The van der Waals surface area contributed by atoms with Crippen LogP contribution in [0.4, 0.5) is 4.79 Å². The van der Waals surface area contributed by atoms with E-state index in [-0.39, 0.29) is 0 Å². The number of urea groups is 1. The number of hydrogen-bond donors (Lipinski definition) is 2. The van der Waals surface area contributed by atoms with Gasteiger partial charge in [-0.25, -0.2) is 9.86 Å². The van der Waals surface area contributed by atoms with Gasteiger partial charge in [-0.3, -0.25) is 5.21 Å². The average Bonchev–Trinajstić information content (AvgIpc) is 1.86. The van der Waals surface area contributed by atoms with E-state index < -0.39 is 6.03 Å². The van der Waals surface area contributed by atoms with Gasteiger partial charge in [0.2, 0.25) is 0 Å². The number of hydrogen-bond acceptors (Lipinski definition) is 3. The molecule has 0 aliphatic carbocycles. The van der Waals surface area contributed by atoms with Gasteiger partial charge in [0.25, 0.3) is 0 Å². The van der Waals surface area contributed by atoms with E-state index >= 15 is 0 Å². The quantitative estimate of drug-likeness (QED) is 0.436. The predicted molar refractivity (Wildman–Crippen MR) is 41.5 cm³/mol. The Kier molecular flexibility index (Phi) is 4.56. The normalized spacial score (nSPS) is 9.91. The monoisotopic (exact) mass is 161 g/mol. The standard InChI is InChI=1S/C6H15N3O2/c1-8(2)5-4-7-6(10)9(3)11/h11H,4-5H2,1-3H3,(H,7,10). The van der Waals surface area contributed by atoms with Crippen molar-refractivity contribution in [3.63, 3.8) is 0 Å². The molecule has 0 aromatic rings. The van der Waals surface area contributed by atoms with E-state index in [2.05, 4.69) is 5.32 Å². The summed E-state index contributed by atoms with van der Waals surface area (Å²) in [5.41, 5.74) is 0. The minimum atomic E-state index is -0.480. The van der Waals surface area contributed by atoms with Crippen LogP contribution in [0.25, 0.3) is 0 Å². The number of carbonyl (C=O) groups excluding carboxylic acids is 1. The molecule has 0 spiro atoms. The van der Waals surface area contributed by atoms with E-state index in [9.17, 15) is 4.79 Å². The highest BCUT2D eigenvalue weighted by Crippen LogP contribution is 1.76. The number of nitrogens with zero attached hydrogens (tertiary/aromatic N) is 2. The molecule has 0 radical (unpaired) electrons. The summed E-state index contributed by atoms with van der Waals surface area (Å²) in [5.74, 6) is 0. The van der Waals surface area contributed by atoms with Gasteiger partial charge < -0.3 is 10.2 Å². The maximum atomic E-state index is 10.7. The van der Waals surface area contributed by atoms with Gasteiger partial charge >= 0.3 is 6.03 Å². The first-order chi connectivity index (χ1) is 5.04. The number of rotatable bonds is 3. The molecule has 0 saturated heterocycles. The number of likely N-dealkylation sites (N-methyl/N-ethyl adjacent to an activating group) is 1. The van der Waals surface area contributed by atoms with Gasteiger partial charge in [0.15, 0.2) is 0 Å². The van der Waals surface area contributed by atoms with Gasteiger partial charge in [-0.1, -0.05) is 0 Å². The Labute approximate surface area is 66.5 Å². The van der Waals surface area contributed by atoms with E-state index in [0.717, 1.165) is 6.54 Å². The number of carbonyl (C=O) groups is 1. The Bertz CT molecular complexity index is 125. The Hall–Kier alpha value is -0.810. The summed E-state index contributed by atoms with van der Waals surface area (Å²) in [7, 11) is 5.11. The molecule has 0 bridgehead atoms. The van der Waals surface area contributed by atoms with Crippen LogP contribution in [0, 0.1) is 0 Å². The van der Waals surface area contributed by atoms with Gasteiger partial charge in [-0.2, -0.15) is 0 Å². The van der Waals surface area contributed by atoms with Crippen LogP contribution in [0.1, 0.15) is 0 Å². The van der Waals surface area contributed by atoms with Crippen LogP contribution in [0.15, 0.2) is 0 Å². The van der Waals surface area contributed by atoms with Crippen molar-refractivity contribution in [2.45, 2.75) is 0 Å². The fourth-order valence-corrected chi connectivity index (χ4v) is 0.501. The van der Waals surface area contributed by atoms with Crippen LogP contribution >= 0.6 is 0 Å². The number of amides is 2. The lowest BCUT2D eigenvalue weighted by Crippen LogP contribution is -2.38. The van der Waals surface area contributed by atoms with Crippen molar-refractivity contribution in [1.29, 1.82) is 0 Å². The van der Waals surface area contributed by atoms with E-state index in [1.54, 1.807) is 0 Å². The summed E-state index contributed by atoms with van der Waals surface area (Å²) in [6.07, 6.45) is 0. The third-order valence-corrected chi connectivity index (χ3v) is 1.13. The third kappa shape index (κ3) is 5.63. The van der Waals surface area contributed by atoms with Crippen molar-refractivity contribution in [3.05, 3.63) is 0 Å². The van der Waals surface area contributed by atoms with Crippen molar-refractivity contribution < 1.29 is 10.0 Å². The highest BCUT2D eigenvalue weighted by Gasteiger charge is 2.02. The fourth-order valence-electron chi connectivity index (χ4n) is 0.501. The topological polar surface area (TPSA) is 55.8 Å². The number of nitrogens with one attached hydrogen (secondary N) is 1. The lowest BCUT2D eigenvalue weighted by molar-refractivity contribution is -0.0183. The maximum Gasteiger partial charge on any atom is 0.340 e. The second kappa shape index (κ2) is 4.92. The van der Waals surface area contributed by atoms with Crippen LogP contribution in [0.2, 0.25) is 0 Å². The molecule has 0 saturated carbocycles. The van der Waals surface area contributed by atoms with Crippen molar-refractivity contribution >= 4 is 6.03 Å². The molecule has 0 aliphatic heterocycles. The molecule has 2 N–H and O–H groups in total. The first-order valence-electron chi connectivity index (χ1n) is 3.39. The molecular formula is C6H15N3O2. The zero-order chi connectivity index (χ0) is 8.85. The van der Waals surface area contributed by atoms with E-state index in [1.165, 1.54) is 7.05 Å². The molecular weight excluding hydrogens is 146 g/mol. The summed E-state index contributed by atoms with van der Waals surface area (Å²) in [5, 5.41) is 11.6. The van der Waals surface area contributed by atoms with Gasteiger partial charge in [0, 0.05) is 20.1 Å². The molecule has 0 unspecified atom stereocenters. The van der Waals surface area contributed by atoms with Gasteiger partial charge in [-0.05, 0) is 14.1 Å². The van der Waals surface area contributed by atoms with E-state index in [4.69, 9.17) is 5.21 Å². The summed E-state index contributed by atoms with van der Waals surface area (Å²) >= 11 is 0. The molecule has 0 aromatic heterocycles. The van der Waals surface area contributed by atoms with E-state index in [0.29, 0.717) is 11.6 Å². The maximum absolute atomic E-state index is 10.7. The van der Waals surface area contributed by atoms with Crippen molar-refractivity contribution in [2.24, 2.45) is 0 Å². The number of hydroxylamine groups is 2. The fraction of sp³-hybridized carbons (Fsp3) is 0.833. The smallest absolute Gasteiger partial charge is 0.335 e. The molecule has 0 rings (SSSR count). The highest BCUT2D eigenvalue weighted by atomic mass is 16.5. The van der Waals surface area contributed by atoms with Crippen LogP contribution < -0.4 is 5.32 Å². The molecule has 2 amide bonds. The second-order valence-corrected chi connectivity index (χ2v) is 2.56. The summed E-state index contributed by atoms with van der Waals surface area (Å²) in [4.78, 5) is 12.6. The van der Waals surface area contributed by atoms with E-state index in [1.807, 2.05) is 19.0 Å². The van der Waals surface area contributed by atoms with Gasteiger partial charge in [0.1, 0.15) is 0 Å². The molecule has 0 aliphatic rings. The summed E-state index contributed by atoms with van der Waals surface area (Å²) in [6.45, 7) is 1.30. The Morgan fingerprint density at radius 1 is 1.45 bits per heavy atom. The Morgan fingerprint density at radius 3 is 2.36 bits per heavy atom. The SMILES string of the molecule is CN(C)CCNC(=O)N(C)O. The minimum Gasteiger partial charge on any atom is -0.335 e. The molecule has 0 fully saturated rings. The average molecular weight is 161 g/mol. The lowest BCUT2D eigenvalue weighted by atomic mass is 10.6.